The van der Waals surface area contributed by atoms with Gasteiger partial charge in [0.15, 0.2) is 0 Å². The maximum Gasteiger partial charge on any atom is 0.325 e. The number of aliphatic carboxylic acids is 3. The number of nitrogens with two attached hydrogens (primary N) is 4. The molecule has 0 saturated heterocycles. The number of carboxylic acid groups (broad SMARTS) is 3. The van der Waals surface area contributed by atoms with Crippen molar-refractivity contribution in [3.63, 3.8) is 0 Å². The molecule has 0 fully saturated rings. The van der Waals surface area contributed by atoms with Gasteiger partial charge in [0, 0.05) is 0 Å². The van der Waals surface area contributed by atoms with Crippen LogP contribution in [0.3, 0.4) is 0 Å². The fourth-order valence-corrected chi connectivity index (χ4v) is 2.22. The van der Waals surface area contributed by atoms with E-state index in [2.05, 4.69) is 0 Å². The van der Waals surface area contributed by atoms with Gasteiger partial charge in [-0.2, -0.15) is 0 Å². The molecule has 2 aromatic carbocycles. The molecule has 0 amide bonds. The van der Waals surface area contributed by atoms with Crippen LogP contribution < -0.4 is 22.9 Å². The molecule has 11 N–H and O–H groups in total. The lowest BCUT2D eigenvalue weighted by atomic mass is 10.1. The van der Waals surface area contributed by atoms with Crippen molar-refractivity contribution in [1.29, 1.82) is 0 Å². The molecular formula is C22H32N4O6. The third-order valence-corrected chi connectivity index (χ3v) is 4.08. The molecule has 0 aromatic heterocycles. The average Bonchev–Trinajstić information content (AvgIpc) is 2.78. The summed E-state index contributed by atoms with van der Waals surface area (Å²) < 4.78 is 0. The van der Waals surface area contributed by atoms with E-state index in [0.29, 0.717) is 31.4 Å². The van der Waals surface area contributed by atoms with Crippen molar-refractivity contribution in [3.8, 4) is 0 Å². The van der Waals surface area contributed by atoms with Gasteiger partial charge in [0.25, 0.3) is 0 Å². The topological polar surface area (TPSA) is 216 Å². The van der Waals surface area contributed by atoms with Gasteiger partial charge in [-0.15, -0.1) is 0 Å². The van der Waals surface area contributed by atoms with Crippen LogP contribution in [0.2, 0.25) is 0 Å². The van der Waals surface area contributed by atoms with E-state index in [9.17, 15) is 14.4 Å². The van der Waals surface area contributed by atoms with Crippen LogP contribution in [0.15, 0.2) is 60.7 Å². The number of carboxylic acids is 3. The molecule has 3 atom stereocenters. The minimum atomic E-state index is -1.00. The molecule has 1 unspecified atom stereocenters. The van der Waals surface area contributed by atoms with Gasteiger partial charge in [-0.05, 0) is 36.9 Å². The molecule has 176 valence electrons. The minimum absolute atomic E-state index is 0.385. The van der Waals surface area contributed by atoms with E-state index < -0.39 is 36.0 Å². The molecule has 0 aliphatic carbocycles. The van der Waals surface area contributed by atoms with Crippen LogP contribution in [0.4, 0.5) is 0 Å². The maximum absolute atomic E-state index is 10.4. The smallest absolute Gasteiger partial charge is 0.325 e. The molecule has 0 radical (unpaired) electrons. The van der Waals surface area contributed by atoms with E-state index in [0.717, 1.165) is 5.56 Å². The maximum atomic E-state index is 10.4. The fourth-order valence-electron chi connectivity index (χ4n) is 2.22. The van der Waals surface area contributed by atoms with Gasteiger partial charge >= 0.3 is 17.9 Å². The Morgan fingerprint density at radius 2 is 1.19 bits per heavy atom. The van der Waals surface area contributed by atoms with E-state index in [-0.39, 0.29) is 0 Å². The first-order chi connectivity index (χ1) is 15.1. The second-order valence-corrected chi connectivity index (χ2v) is 6.74. The van der Waals surface area contributed by atoms with Gasteiger partial charge in [0.05, 0.1) is 0 Å². The Hall–Kier alpha value is -3.31. The van der Waals surface area contributed by atoms with Crippen molar-refractivity contribution in [3.05, 3.63) is 71.8 Å². The Morgan fingerprint density at radius 1 is 0.719 bits per heavy atom. The normalized spacial score (nSPS) is 12.6. The third kappa shape index (κ3) is 13.1. The Kier molecular flexibility index (Phi) is 14.7. The van der Waals surface area contributed by atoms with E-state index in [4.69, 9.17) is 38.3 Å². The van der Waals surface area contributed by atoms with E-state index in [1.54, 1.807) is 24.3 Å². The lowest BCUT2D eigenvalue weighted by molar-refractivity contribution is -0.139. The van der Waals surface area contributed by atoms with Crippen molar-refractivity contribution in [2.24, 2.45) is 22.9 Å². The molecule has 0 spiro atoms. The number of hydrogen-bond donors (Lipinski definition) is 7. The van der Waals surface area contributed by atoms with Gasteiger partial charge in [0.1, 0.15) is 18.1 Å². The second kappa shape index (κ2) is 16.4. The van der Waals surface area contributed by atoms with E-state index in [1.807, 2.05) is 36.4 Å². The molecule has 0 heterocycles. The van der Waals surface area contributed by atoms with Crippen LogP contribution in [0.5, 0.6) is 0 Å². The first-order valence-corrected chi connectivity index (χ1v) is 9.84. The predicted octanol–water partition coefficient (Wildman–Crippen LogP) is 0.549. The largest absolute Gasteiger partial charge is 0.480 e. The summed E-state index contributed by atoms with van der Waals surface area (Å²) in [6, 6.07) is 15.6. The molecule has 10 nitrogen and oxygen atoms in total. The Balaban J connectivity index is 0.000000456. The van der Waals surface area contributed by atoms with Crippen LogP contribution in [0.25, 0.3) is 0 Å². The zero-order valence-electron chi connectivity index (χ0n) is 17.7. The monoisotopic (exact) mass is 448 g/mol. The van der Waals surface area contributed by atoms with E-state index >= 15 is 0 Å². The summed E-state index contributed by atoms with van der Waals surface area (Å²) >= 11 is 0. The average molecular weight is 449 g/mol. The van der Waals surface area contributed by atoms with Gasteiger partial charge in [-0.3, -0.25) is 14.4 Å². The summed E-state index contributed by atoms with van der Waals surface area (Å²) in [5, 5.41) is 25.3. The lowest BCUT2D eigenvalue weighted by Crippen LogP contribution is -2.32. The Labute approximate surface area is 186 Å². The molecule has 0 bridgehead atoms. The Morgan fingerprint density at radius 3 is 1.59 bits per heavy atom. The first-order valence-electron chi connectivity index (χ1n) is 9.84. The highest BCUT2D eigenvalue weighted by Gasteiger charge is 2.12. The fraction of sp³-hybridized carbons (Fsp3) is 0.318. The standard InChI is InChI=1S/C9H11NO2.C8H9NO2.C5H12N2O2/c10-8(9(11)12)6-7-4-2-1-3-5-7;9-7(8(10)11)6-4-2-1-3-5-6;6-3-1-2-4(7)5(8)9/h1-5,8H,6,10H2,(H,11,12);1-5,7H,9H2,(H,10,11);4H,1-3,6-7H2,(H,8,9)/t8-;;4-/m0.0/s1. The second-order valence-electron chi connectivity index (χ2n) is 6.74. The van der Waals surface area contributed by atoms with Crippen LogP contribution in [-0.4, -0.2) is 51.9 Å². The van der Waals surface area contributed by atoms with Crippen molar-refractivity contribution in [2.75, 3.05) is 6.54 Å². The molecule has 0 aliphatic heterocycles. The van der Waals surface area contributed by atoms with Crippen LogP contribution in [0, 0.1) is 0 Å². The SMILES string of the molecule is NC(C(=O)O)c1ccccc1.NCCC[C@H](N)C(=O)O.N[C@@H](Cc1ccccc1)C(=O)O. The Bertz CT molecular complexity index is 805. The highest BCUT2D eigenvalue weighted by atomic mass is 16.4. The number of carbonyl (C=O) groups is 3. The highest BCUT2D eigenvalue weighted by Crippen LogP contribution is 2.08. The van der Waals surface area contributed by atoms with Crippen molar-refractivity contribution < 1.29 is 29.7 Å². The quantitative estimate of drug-likeness (QED) is 0.282. The number of rotatable bonds is 9. The molecule has 0 saturated carbocycles. The third-order valence-electron chi connectivity index (χ3n) is 4.08. The van der Waals surface area contributed by atoms with Gasteiger partial charge in [-0.25, -0.2) is 0 Å². The summed E-state index contributed by atoms with van der Waals surface area (Å²) in [7, 11) is 0. The van der Waals surface area contributed by atoms with E-state index in [1.165, 1.54) is 0 Å². The molecule has 2 rings (SSSR count). The molecule has 0 aliphatic rings. The minimum Gasteiger partial charge on any atom is -0.480 e. The van der Waals surface area contributed by atoms with Gasteiger partial charge < -0.3 is 38.3 Å². The zero-order valence-corrected chi connectivity index (χ0v) is 17.7. The summed E-state index contributed by atoms with van der Waals surface area (Å²) in [6.07, 6.45) is 1.52. The molecular weight excluding hydrogens is 416 g/mol. The predicted molar refractivity (Wildman–Crippen MR) is 121 cm³/mol. The van der Waals surface area contributed by atoms with Crippen molar-refractivity contribution in [1.82, 2.24) is 0 Å². The van der Waals surface area contributed by atoms with Crippen molar-refractivity contribution >= 4 is 17.9 Å². The highest BCUT2D eigenvalue weighted by molar-refractivity contribution is 5.75. The number of hydrogen-bond acceptors (Lipinski definition) is 7. The molecule has 2 aromatic rings. The van der Waals surface area contributed by atoms with Crippen LogP contribution >= 0.6 is 0 Å². The van der Waals surface area contributed by atoms with Crippen LogP contribution in [-0.2, 0) is 20.8 Å². The summed E-state index contributed by atoms with van der Waals surface area (Å²) in [4.78, 5) is 30.8. The van der Waals surface area contributed by atoms with Crippen molar-refractivity contribution in [2.45, 2.75) is 37.4 Å². The molecule has 32 heavy (non-hydrogen) atoms. The van der Waals surface area contributed by atoms with Gasteiger partial charge in [-0.1, -0.05) is 60.7 Å². The number of benzene rings is 2. The molecule has 10 heteroatoms. The lowest BCUT2D eigenvalue weighted by Gasteiger charge is -2.04. The first kappa shape index (κ1) is 28.7. The summed E-state index contributed by atoms with van der Waals surface area (Å²) in [5.74, 6) is -2.92. The van der Waals surface area contributed by atoms with Crippen LogP contribution in [0.1, 0.15) is 30.0 Å². The summed E-state index contributed by atoms with van der Waals surface area (Å²) in [5.41, 5.74) is 22.5. The zero-order chi connectivity index (χ0) is 24.5. The van der Waals surface area contributed by atoms with Gasteiger partial charge in [0.2, 0.25) is 0 Å². The summed E-state index contributed by atoms with van der Waals surface area (Å²) in [6.45, 7) is 0.501.